The van der Waals surface area contributed by atoms with Crippen LogP contribution in [-0.2, 0) is 9.59 Å². The van der Waals surface area contributed by atoms with Crippen molar-refractivity contribution in [2.24, 2.45) is 10.8 Å². The third-order valence-electron chi connectivity index (χ3n) is 2.92. The van der Waals surface area contributed by atoms with E-state index in [2.05, 4.69) is 15.5 Å². The van der Waals surface area contributed by atoms with Crippen LogP contribution >= 0.6 is 0 Å². The molecule has 2 amide bonds. The van der Waals surface area contributed by atoms with Gasteiger partial charge in [0, 0.05) is 37.0 Å². The molecular weight excluding hydrogens is 254 g/mol. The molecule has 5 nitrogen and oxygen atoms in total. The molecule has 0 rings (SSSR count). The van der Waals surface area contributed by atoms with Crippen molar-refractivity contribution >= 4 is 11.8 Å². The van der Waals surface area contributed by atoms with Gasteiger partial charge in [0.05, 0.1) is 0 Å². The van der Waals surface area contributed by atoms with Crippen molar-refractivity contribution in [1.82, 2.24) is 15.5 Å². The zero-order valence-corrected chi connectivity index (χ0v) is 14.1. The first-order valence-corrected chi connectivity index (χ1v) is 7.20. The van der Waals surface area contributed by atoms with Gasteiger partial charge in [-0.25, -0.2) is 0 Å². The Morgan fingerprint density at radius 3 is 1.35 bits per heavy atom. The minimum Gasteiger partial charge on any atom is -0.354 e. The predicted molar refractivity (Wildman–Crippen MR) is 82.4 cm³/mol. The standard InChI is InChI=1S/C15H31N3O2/c1-14(2,3)12(19)16-8-10-18(7)11-9-17-13(20)15(4,5)6/h8-11H2,1-7H3,(H,16,19)(H,17,20). The molecule has 0 fully saturated rings. The van der Waals surface area contributed by atoms with E-state index in [1.807, 2.05) is 48.6 Å². The molecule has 0 aliphatic carbocycles. The Labute approximate surface area is 123 Å². The summed E-state index contributed by atoms with van der Waals surface area (Å²) in [6, 6.07) is 0. The molecule has 0 spiro atoms. The maximum absolute atomic E-state index is 11.7. The second-order valence-electron chi connectivity index (χ2n) is 7.32. The molecule has 0 atom stereocenters. The number of nitrogens with one attached hydrogen (secondary N) is 2. The molecule has 0 saturated heterocycles. The minimum atomic E-state index is -0.348. The van der Waals surface area contributed by atoms with Crippen LogP contribution < -0.4 is 10.6 Å². The number of likely N-dealkylation sites (N-methyl/N-ethyl adjacent to an activating group) is 1. The molecule has 0 aromatic rings. The summed E-state index contributed by atoms with van der Waals surface area (Å²) in [7, 11) is 1.98. The zero-order valence-electron chi connectivity index (χ0n) is 14.1. The van der Waals surface area contributed by atoms with Crippen molar-refractivity contribution in [1.29, 1.82) is 0 Å². The van der Waals surface area contributed by atoms with Gasteiger partial charge in [-0.2, -0.15) is 0 Å². The number of nitrogens with zero attached hydrogens (tertiary/aromatic N) is 1. The van der Waals surface area contributed by atoms with Crippen LogP contribution in [0, 0.1) is 10.8 Å². The number of carbonyl (C=O) groups is 2. The van der Waals surface area contributed by atoms with Gasteiger partial charge in [0.2, 0.25) is 11.8 Å². The quantitative estimate of drug-likeness (QED) is 0.772. The molecule has 5 heteroatoms. The van der Waals surface area contributed by atoms with E-state index in [0.29, 0.717) is 13.1 Å². The lowest BCUT2D eigenvalue weighted by Crippen LogP contribution is -2.42. The summed E-state index contributed by atoms with van der Waals surface area (Å²) >= 11 is 0. The summed E-state index contributed by atoms with van der Waals surface area (Å²) in [4.78, 5) is 25.4. The summed E-state index contributed by atoms with van der Waals surface area (Å²) in [6.45, 7) is 14.2. The Kier molecular flexibility index (Phi) is 7.20. The number of carbonyl (C=O) groups excluding carboxylic acids is 2. The van der Waals surface area contributed by atoms with Gasteiger partial charge in [-0.1, -0.05) is 41.5 Å². The maximum Gasteiger partial charge on any atom is 0.225 e. The molecule has 118 valence electrons. The van der Waals surface area contributed by atoms with Crippen molar-refractivity contribution in [2.75, 3.05) is 33.2 Å². The van der Waals surface area contributed by atoms with Crippen molar-refractivity contribution < 1.29 is 9.59 Å². The van der Waals surface area contributed by atoms with Crippen LogP contribution in [0.4, 0.5) is 0 Å². The van der Waals surface area contributed by atoms with E-state index < -0.39 is 0 Å². The Morgan fingerprint density at radius 2 is 1.10 bits per heavy atom. The van der Waals surface area contributed by atoms with Crippen LogP contribution in [0.3, 0.4) is 0 Å². The SMILES string of the molecule is CN(CCNC(=O)C(C)(C)C)CCNC(=O)C(C)(C)C. The van der Waals surface area contributed by atoms with E-state index in [0.717, 1.165) is 13.1 Å². The van der Waals surface area contributed by atoms with Gasteiger partial charge < -0.3 is 15.5 Å². The second kappa shape index (κ2) is 7.62. The molecular formula is C15H31N3O2. The lowest BCUT2D eigenvalue weighted by molar-refractivity contribution is -0.129. The van der Waals surface area contributed by atoms with E-state index in [-0.39, 0.29) is 22.6 Å². The fraction of sp³-hybridized carbons (Fsp3) is 0.867. The number of amides is 2. The number of hydrogen-bond donors (Lipinski definition) is 2. The van der Waals surface area contributed by atoms with Gasteiger partial charge in [0.15, 0.2) is 0 Å². The average Bonchev–Trinajstić information content (AvgIpc) is 2.26. The van der Waals surface area contributed by atoms with E-state index in [9.17, 15) is 9.59 Å². The van der Waals surface area contributed by atoms with Crippen molar-refractivity contribution in [3.05, 3.63) is 0 Å². The summed E-state index contributed by atoms with van der Waals surface area (Å²) in [5.74, 6) is 0.124. The first-order valence-electron chi connectivity index (χ1n) is 7.20. The van der Waals surface area contributed by atoms with Crippen molar-refractivity contribution in [2.45, 2.75) is 41.5 Å². The number of rotatable bonds is 6. The molecule has 0 bridgehead atoms. The second-order valence-corrected chi connectivity index (χ2v) is 7.32. The van der Waals surface area contributed by atoms with Crippen LogP contribution in [0.25, 0.3) is 0 Å². The number of hydrogen-bond acceptors (Lipinski definition) is 3. The Bertz CT molecular complexity index is 295. The fourth-order valence-corrected chi connectivity index (χ4v) is 1.36. The van der Waals surface area contributed by atoms with Gasteiger partial charge >= 0.3 is 0 Å². The van der Waals surface area contributed by atoms with E-state index >= 15 is 0 Å². The third-order valence-corrected chi connectivity index (χ3v) is 2.92. The molecule has 0 unspecified atom stereocenters. The fourth-order valence-electron chi connectivity index (χ4n) is 1.36. The van der Waals surface area contributed by atoms with Crippen LogP contribution in [0.1, 0.15) is 41.5 Å². The average molecular weight is 285 g/mol. The predicted octanol–water partition coefficient (Wildman–Crippen LogP) is 1.24. The third kappa shape index (κ3) is 8.15. The van der Waals surface area contributed by atoms with E-state index in [1.165, 1.54) is 0 Å². The first-order chi connectivity index (χ1) is 8.94. The van der Waals surface area contributed by atoms with Gasteiger partial charge in [-0.3, -0.25) is 9.59 Å². The van der Waals surface area contributed by atoms with Crippen LogP contribution in [0.15, 0.2) is 0 Å². The largest absolute Gasteiger partial charge is 0.354 e. The lowest BCUT2D eigenvalue weighted by Gasteiger charge is -2.22. The first kappa shape index (κ1) is 18.9. The minimum absolute atomic E-state index is 0.0620. The Morgan fingerprint density at radius 1 is 0.800 bits per heavy atom. The molecule has 0 aromatic carbocycles. The van der Waals surface area contributed by atoms with E-state index in [4.69, 9.17) is 0 Å². The highest BCUT2D eigenvalue weighted by Crippen LogP contribution is 2.12. The zero-order chi connectivity index (χ0) is 16.0. The molecule has 0 aromatic heterocycles. The Hall–Kier alpha value is -1.10. The summed E-state index contributed by atoms with van der Waals surface area (Å²) in [6.07, 6.45) is 0. The molecule has 0 radical (unpaired) electrons. The lowest BCUT2D eigenvalue weighted by atomic mass is 9.96. The topological polar surface area (TPSA) is 61.4 Å². The van der Waals surface area contributed by atoms with Gasteiger partial charge in [-0.05, 0) is 7.05 Å². The highest BCUT2D eigenvalue weighted by Gasteiger charge is 2.21. The summed E-state index contributed by atoms with van der Waals surface area (Å²) in [5.41, 5.74) is -0.696. The summed E-state index contributed by atoms with van der Waals surface area (Å²) < 4.78 is 0. The van der Waals surface area contributed by atoms with Crippen LogP contribution in [-0.4, -0.2) is 49.9 Å². The summed E-state index contributed by atoms with van der Waals surface area (Å²) in [5, 5.41) is 5.82. The van der Waals surface area contributed by atoms with Crippen LogP contribution in [0.2, 0.25) is 0 Å². The molecule has 0 aliphatic heterocycles. The smallest absolute Gasteiger partial charge is 0.225 e. The molecule has 0 aliphatic rings. The van der Waals surface area contributed by atoms with Gasteiger partial charge in [-0.15, -0.1) is 0 Å². The van der Waals surface area contributed by atoms with Crippen molar-refractivity contribution in [3.63, 3.8) is 0 Å². The normalized spacial score (nSPS) is 12.4. The van der Waals surface area contributed by atoms with Crippen molar-refractivity contribution in [3.8, 4) is 0 Å². The monoisotopic (exact) mass is 285 g/mol. The highest BCUT2D eigenvalue weighted by molar-refractivity contribution is 5.81. The highest BCUT2D eigenvalue weighted by atomic mass is 16.2. The van der Waals surface area contributed by atoms with Gasteiger partial charge in [0.1, 0.15) is 0 Å². The molecule has 2 N–H and O–H groups in total. The molecule has 0 heterocycles. The van der Waals surface area contributed by atoms with Crippen LogP contribution in [0.5, 0.6) is 0 Å². The Balaban J connectivity index is 3.78. The molecule has 0 saturated carbocycles. The maximum atomic E-state index is 11.7. The van der Waals surface area contributed by atoms with Gasteiger partial charge in [0.25, 0.3) is 0 Å². The van der Waals surface area contributed by atoms with E-state index in [1.54, 1.807) is 0 Å². The molecule has 20 heavy (non-hydrogen) atoms.